The zero-order valence-electron chi connectivity index (χ0n) is 16.1. The predicted molar refractivity (Wildman–Crippen MR) is 105 cm³/mol. The molecule has 0 bridgehead atoms. The molecule has 1 aliphatic heterocycles. The Morgan fingerprint density at radius 1 is 1.12 bits per heavy atom. The highest BCUT2D eigenvalue weighted by Crippen LogP contribution is 2.63. The second-order valence-corrected chi connectivity index (χ2v) is 8.89. The number of fused-ring (bicyclic) bond motifs is 2. The summed E-state index contributed by atoms with van der Waals surface area (Å²) in [7, 11) is 0. The fourth-order valence-electron chi connectivity index (χ4n) is 4.70. The summed E-state index contributed by atoms with van der Waals surface area (Å²) >= 11 is 0.414. The van der Waals surface area contributed by atoms with Crippen LogP contribution in [-0.2, 0) is 11.7 Å². The number of anilines is 1. The van der Waals surface area contributed by atoms with Crippen LogP contribution in [0.2, 0.25) is 0 Å². The fourth-order valence-corrected chi connectivity index (χ4v) is 5.42. The topological polar surface area (TPSA) is 59.2 Å². The average molecular weight is 464 g/mol. The van der Waals surface area contributed by atoms with Crippen LogP contribution in [0.3, 0.4) is 0 Å². The molecular formula is C20H13F5N6S. The molecular weight excluding hydrogens is 451 g/mol. The summed E-state index contributed by atoms with van der Waals surface area (Å²) < 4.78 is 68.8. The van der Waals surface area contributed by atoms with E-state index in [4.69, 9.17) is 0 Å². The maximum Gasteiger partial charge on any atom is 0.445 e. The summed E-state index contributed by atoms with van der Waals surface area (Å²) in [5, 5.41) is 10.0. The molecule has 4 heterocycles. The van der Waals surface area contributed by atoms with Gasteiger partial charge < -0.3 is 4.90 Å². The SMILES string of the molecule is Fc1ccc(F)c([C@@]23C[C@@H]2CCN3c2ccn3ncc(-c4nnc(C(F)(F)F)s4)c3n2)c1. The Morgan fingerprint density at radius 2 is 1.97 bits per heavy atom. The second kappa shape index (κ2) is 6.44. The zero-order valence-corrected chi connectivity index (χ0v) is 17.0. The molecule has 0 unspecified atom stereocenters. The third-order valence-corrected chi connectivity index (χ3v) is 7.18. The molecule has 2 atom stereocenters. The van der Waals surface area contributed by atoms with Gasteiger partial charge in [0.05, 0.1) is 17.3 Å². The van der Waals surface area contributed by atoms with E-state index in [1.165, 1.54) is 16.8 Å². The van der Waals surface area contributed by atoms with Gasteiger partial charge in [0.15, 0.2) is 10.7 Å². The standard InChI is InChI=1S/C20H13F5N6S/c21-11-1-2-14(22)13(7-11)19-8-10(19)3-5-30(19)15-4-6-31-16(27-15)12(9-26-31)17-28-29-18(32-17)20(23,24)25/h1-2,4,6-7,9-10H,3,5,8H2/t10-,19+/m0/s1. The van der Waals surface area contributed by atoms with Gasteiger partial charge in [-0.15, -0.1) is 10.2 Å². The van der Waals surface area contributed by atoms with Crippen molar-refractivity contribution in [1.82, 2.24) is 24.8 Å². The van der Waals surface area contributed by atoms with Crippen LogP contribution in [0.5, 0.6) is 0 Å². The highest BCUT2D eigenvalue weighted by Gasteiger charge is 2.64. The molecule has 6 rings (SSSR count). The maximum atomic E-state index is 14.6. The lowest BCUT2D eigenvalue weighted by atomic mass is 10.0. The van der Waals surface area contributed by atoms with E-state index in [1.807, 2.05) is 4.90 Å². The monoisotopic (exact) mass is 464 g/mol. The van der Waals surface area contributed by atoms with Gasteiger partial charge in [-0.1, -0.05) is 11.3 Å². The lowest BCUT2D eigenvalue weighted by molar-refractivity contribution is -0.138. The van der Waals surface area contributed by atoms with E-state index in [0.717, 1.165) is 18.6 Å². The number of nitrogens with zero attached hydrogens (tertiary/aromatic N) is 6. The first kappa shape index (κ1) is 19.5. The Labute approximate surface area is 181 Å². The Balaban J connectivity index is 1.43. The van der Waals surface area contributed by atoms with Crippen molar-refractivity contribution in [2.45, 2.75) is 24.6 Å². The van der Waals surface area contributed by atoms with Crippen molar-refractivity contribution in [3.63, 3.8) is 0 Å². The summed E-state index contributed by atoms with van der Waals surface area (Å²) in [5.74, 6) is -0.283. The predicted octanol–water partition coefficient (Wildman–Crippen LogP) is 4.67. The van der Waals surface area contributed by atoms with Crippen molar-refractivity contribution < 1.29 is 22.0 Å². The van der Waals surface area contributed by atoms with E-state index in [1.54, 1.807) is 12.3 Å². The molecule has 0 N–H and O–H groups in total. The van der Waals surface area contributed by atoms with Crippen LogP contribution in [0.4, 0.5) is 27.8 Å². The zero-order chi connectivity index (χ0) is 22.3. The van der Waals surface area contributed by atoms with E-state index < -0.39 is 28.4 Å². The van der Waals surface area contributed by atoms with Crippen molar-refractivity contribution in [2.24, 2.45) is 5.92 Å². The van der Waals surface area contributed by atoms with Gasteiger partial charge in [-0.2, -0.15) is 18.3 Å². The quantitative estimate of drug-likeness (QED) is 0.413. The van der Waals surface area contributed by atoms with Crippen molar-refractivity contribution >= 4 is 22.8 Å². The minimum atomic E-state index is -4.59. The van der Waals surface area contributed by atoms with Crippen LogP contribution < -0.4 is 4.90 Å². The summed E-state index contributed by atoms with van der Waals surface area (Å²) in [6.07, 6.45) is -0.0791. The number of aromatic nitrogens is 5. The second-order valence-electron chi connectivity index (χ2n) is 7.91. The summed E-state index contributed by atoms with van der Waals surface area (Å²) in [5.41, 5.74) is 0.252. The lowest BCUT2D eigenvalue weighted by Crippen LogP contribution is -2.34. The van der Waals surface area contributed by atoms with Gasteiger partial charge >= 0.3 is 6.18 Å². The Hall–Kier alpha value is -3.15. The lowest BCUT2D eigenvalue weighted by Gasteiger charge is -2.30. The van der Waals surface area contributed by atoms with Crippen molar-refractivity contribution in [3.05, 3.63) is 58.9 Å². The molecule has 1 saturated heterocycles. The third kappa shape index (κ3) is 2.74. The first-order valence-electron chi connectivity index (χ1n) is 9.76. The number of piperidine rings is 1. The van der Waals surface area contributed by atoms with Gasteiger partial charge in [0, 0.05) is 18.3 Å². The molecule has 6 nitrogen and oxygen atoms in total. The Morgan fingerprint density at radius 3 is 2.72 bits per heavy atom. The normalized spacial score (nSPS) is 22.5. The molecule has 1 aliphatic carbocycles. The van der Waals surface area contributed by atoms with Crippen LogP contribution >= 0.6 is 11.3 Å². The number of halogens is 5. The average Bonchev–Trinajstić information content (AvgIpc) is 3.13. The van der Waals surface area contributed by atoms with Gasteiger partial charge in [-0.3, -0.25) is 0 Å². The molecule has 0 amide bonds. The molecule has 3 aromatic heterocycles. The van der Waals surface area contributed by atoms with Crippen LogP contribution in [-0.4, -0.2) is 31.3 Å². The largest absolute Gasteiger partial charge is 0.445 e. The van der Waals surface area contributed by atoms with Crippen molar-refractivity contribution in [3.8, 4) is 10.6 Å². The van der Waals surface area contributed by atoms with Gasteiger partial charge in [-0.25, -0.2) is 18.3 Å². The molecule has 4 aromatic rings. The van der Waals surface area contributed by atoms with Crippen molar-refractivity contribution in [1.29, 1.82) is 0 Å². The number of hydrogen-bond acceptors (Lipinski definition) is 6. The molecule has 12 heteroatoms. The molecule has 2 fully saturated rings. The number of rotatable bonds is 3. The molecule has 2 aliphatic rings. The van der Waals surface area contributed by atoms with E-state index in [2.05, 4.69) is 20.3 Å². The molecule has 0 spiro atoms. The molecule has 32 heavy (non-hydrogen) atoms. The Bertz CT molecular complexity index is 1360. The first-order chi connectivity index (χ1) is 15.3. The third-order valence-electron chi connectivity index (χ3n) is 6.18. The number of alkyl halides is 3. The maximum absolute atomic E-state index is 14.6. The summed E-state index contributed by atoms with van der Waals surface area (Å²) in [6.45, 7) is 0.601. The molecule has 0 radical (unpaired) electrons. The minimum absolute atomic E-state index is 0.0496. The number of hydrogen-bond donors (Lipinski definition) is 0. The van der Waals surface area contributed by atoms with E-state index >= 15 is 0 Å². The molecule has 164 valence electrons. The van der Waals surface area contributed by atoms with E-state index in [-0.39, 0.29) is 10.9 Å². The molecule has 1 saturated carbocycles. The Kier molecular flexibility index (Phi) is 3.93. The van der Waals surface area contributed by atoms with Crippen LogP contribution in [0, 0.1) is 17.6 Å². The summed E-state index contributed by atoms with van der Waals surface area (Å²) in [6, 6.07) is 5.16. The van der Waals surface area contributed by atoms with Crippen molar-refractivity contribution in [2.75, 3.05) is 11.4 Å². The van der Waals surface area contributed by atoms with Gasteiger partial charge in [0.2, 0.25) is 5.01 Å². The van der Waals surface area contributed by atoms with Gasteiger partial charge in [-0.05, 0) is 43.0 Å². The molecule has 1 aromatic carbocycles. The minimum Gasteiger partial charge on any atom is -0.346 e. The highest BCUT2D eigenvalue weighted by atomic mass is 32.1. The smallest absolute Gasteiger partial charge is 0.346 e. The van der Waals surface area contributed by atoms with Crippen LogP contribution in [0.25, 0.3) is 16.2 Å². The van der Waals surface area contributed by atoms with Gasteiger partial charge in [0.25, 0.3) is 0 Å². The first-order valence-corrected chi connectivity index (χ1v) is 10.6. The van der Waals surface area contributed by atoms with Crippen LogP contribution in [0.15, 0.2) is 36.7 Å². The highest BCUT2D eigenvalue weighted by molar-refractivity contribution is 7.14. The van der Waals surface area contributed by atoms with E-state index in [0.29, 0.717) is 46.9 Å². The van der Waals surface area contributed by atoms with Crippen LogP contribution in [0.1, 0.15) is 23.4 Å². The fraction of sp³-hybridized carbons (Fsp3) is 0.300. The van der Waals surface area contributed by atoms with E-state index in [9.17, 15) is 22.0 Å². The van der Waals surface area contributed by atoms with Gasteiger partial charge in [0.1, 0.15) is 17.5 Å². The summed E-state index contributed by atoms with van der Waals surface area (Å²) in [4.78, 5) is 6.58. The number of benzene rings is 1.